The molecule has 23 heavy (non-hydrogen) atoms. The first-order valence-corrected chi connectivity index (χ1v) is 6.80. The molecule has 0 aliphatic carbocycles. The summed E-state index contributed by atoms with van der Waals surface area (Å²) < 4.78 is 13.4. The molecule has 0 saturated carbocycles. The van der Waals surface area contributed by atoms with E-state index in [9.17, 15) is 9.18 Å². The van der Waals surface area contributed by atoms with Crippen LogP contribution in [0.15, 0.2) is 64.5 Å². The number of benzene rings is 2. The second-order valence-electron chi connectivity index (χ2n) is 4.61. The fourth-order valence-corrected chi connectivity index (χ4v) is 1.92. The number of anilines is 1. The number of halogens is 1. The Kier molecular flexibility index (Phi) is 4.19. The van der Waals surface area contributed by atoms with Crippen LogP contribution in [0.2, 0.25) is 0 Å². The number of aromatic amines is 1. The first-order valence-electron chi connectivity index (χ1n) is 6.80. The van der Waals surface area contributed by atoms with Crippen LogP contribution in [0, 0.1) is 5.82 Å². The molecular formula is C16H12FN5O. The van der Waals surface area contributed by atoms with Crippen molar-refractivity contribution in [2.24, 2.45) is 5.10 Å². The number of hydrazone groups is 1. The van der Waals surface area contributed by atoms with Crippen LogP contribution in [0.25, 0.3) is 11.3 Å². The van der Waals surface area contributed by atoms with Gasteiger partial charge in [0.1, 0.15) is 5.82 Å². The maximum atomic E-state index is 13.4. The monoisotopic (exact) mass is 309 g/mol. The summed E-state index contributed by atoms with van der Waals surface area (Å²) in [6.07, 6.45) is 1.29. The molecule has 0 fully saturated rings. The highest BCUT2D eigenvalue weighted by atomic mass is 19.1. The van der Waals surface area contributed by atoms with Gasteiger partial charge in [-0.2, -0.15) is 5.10 Å². The molecule has 0 atom stereocenters. The second-order valence-corrected chi connectivity index (χ2v) is 4.61. The third-order valence-electron chi connectivity index (χ3n) is 3.02. The normalized spacial score (nSPS) is 10.8. The molecule has 0 radical (unpaired) electrons. The average molecular weight is 309 g/mol. The maximum absolute atomic E-state index is 13.4. The molecule has 2 N–H and O–H groups in total. The molecular weight excluding hydrogens is 297 g/mol. The van der Waals surface area contributed by atoms with Crippen molar-refractivity contribution in [1.29, 1.82) is 0 Å². The first kappa shape index (κ1) is 14.6. The summed E-state index contributed by atoms with van der Waals surface area (Å²) in [5.74, 6) is -0.320. The maximum Gasteiger partial charge on any atom is 0.279 e. The summed E-state index contributed by atoms with van der Waals surface area (Å²) in [7, 11) is 0. The zero-order valence-electron chi connectivity index (χ0n) is 11.9. The van der Waals surface area contributed by atoms with E-state index < -0.39 is 11.4 Å². The highest BCUT2D eigenvalue weighted by Crippen LogP contribution is 2.10. The Morgan fingerprint density at radius 3 is 2.52 bits per heavy atom. The molecule has 0 bridgehead atoms. The molecule has 7 heteroatoms. The van der Waals surface area contributed by atoms with E-state index in [1.807, 2.05) is 6.07 Å². The second kappa shape index (κ2) is 6.61. The number of nitrogens with zero attached hydrogens (tertiary/aromatic N) is 3. The SMILES string of the molecule is O=c1[nH]c(NN=Cc2ccccc2F)nnc1-c1ccccc1. The van der Waals surface area contributed by atoms with E-state index in [0.717, 1.165) is 0 Å². The van der Waals surface area contributed by atoms with E-state index in [1.54, 1.807) is 42.5 Å². The standard InChI is InChI=1S/C16H12FN5O/c17-13-9-5-4-8-12(13)10-18-21-16-19-15(23)14(20-22-16)11-6-2-1-3-7-11/h1-10H,(H2,19,21,22,23). The summed E-state index contributed by atoms with van der Waals surface area (Å²) in [6, 6.07) is 15.2. The van der Waals surface area contributed by atoms with E-state index >= 15 is 0 Å². The highest BCUT2D eigenvalue weighted by molar-refractivity contribution is 5.80. The smallest absolute Gasteiger partial charge is 0.279 e. The molecule has 0 unspecified atom stereocenters. The van der Waals surface area contributed by atoms with Gasteiger partial charge in [0.05, 0.1) is 6.21 Å². The van der Waals surface area contributed by atoms with Gasteiger partial charge in [0.15, 0.2) is 5.69 Å². The van der Waals surface area contributed by atoms with Crippen molar-refractivity contribution in [3.05, 3.63) is 76.3 Å². The Morgan fingerprint density at radius 1 is 1.04 bits per heavy atom. The lowest BCUT2D eigenvalue weighted by atomic mass is 10.2. The van der Waals surface area contributed by atoms with Gasteiger partial charge in [-0.25, -0.2) is 9.82 Å². The van der Waals surface area contributed by atoms with Crippen LogP contribution < -0.4 is 11.0 Å². The van der Waals surface area contributed by atoms with Gasteiger partial charge in [-0.15, -0.1) is 10.2 Å². The molecule has 0 saturated heterocycles. The summed E-state index contributed by atoms with van der Waals surface area (Å²) in [6.45, 7) is 0. The van der Waals surface area contributed by atoms with Crippen LogP contribution in [-0.4, -0.2) is 21.4 Å². The molecule has 0 aliphatic heterocycles. The molecule has 1 heterocycles. The van der Waals surface area contributed by atoms with Gasteiger partial charge in [0.25, 0.3) is 5.56 Å². The number of nitrogens with one attached hydrogen (secondary N) is 2. The molecule has 114 valence electrons. The molecule has 2 aromatic carbocycles. The molecule has 0 spiro atoms. The number of H-pyrrole nitrogens is 1. The van der Waals surface area contributed by atoms with Crippen LogP contribution >= 0.6 is 0 Å². The van der Waals surface area contributed by atoms with Crippen molar-refractivity contribution in [3.8, 4) is 11.3 Å². The van der Waals surface area contributed by atoms with Crippen molar-refractivity contribution in [1.82, 2.24) is 15.2 Å². The van der Waals surface area contributed by atoms with Crippen LogP contribution in [0.5, 0.6) is 0 Å². The summed E-state index contributed by atoms with van der Waals surface area (Å²) in [5, 5.41) is 11.6. The largest absolute Gasteiger partial charge is 0.288 e. The number of rotatable bonds is 4. The minimum Gasteiger partial charge on any atom is -0.288 e. The number of aromatic nitrogens is 3. The van der Waals surface area contributed by atoms with Crippen LogP contribution in [0.1, 0.15) is 5.56 Å². The molecule has 0 aliphatic rings. The number of hydrogen-bond donors (Lipinski definition) is 2. The van der Waals surface area contributed by atoms with Crippen molar-refractivity contribution in [2.45, 2.75) is 0 Å². The van der Waals surface area contributed by atoms with Gasteiger partial charge in [0, 0.05) is 11.1 Å². The van der Waals surface area contributed by atoms with Crippen molar-refractivity contribution >= 4 is 12.2 Å². The molecule has 3 rings (SSSR count). The zero-order valence-corrected chi connectivity index (χ0v) is 11.9. The zero-order chi connectivity index (χ0) is 16.1. The van der Waals surface area contributed by atoms with Crippen LogP contribution in [0.4, 0.5) is 10.3 Å². The Balaban J connectivity index is 1.77. The van der Waals surface area contributed by atoms with Gasteiger partial charge in [-0.3, -0.25) is 9.78 Å². The van der Waals surface area contributed by atoms with Gasteiger partial charge in [0.2, 0.25) is 5.95 Å². The third-order valence-corrected chi connectivity index (χ3v) is 3.02. The van der Waals surface area contributed by atoms with E-state index in [2.05, 4.69) is 25.7 Å². The van der Waals surface area contributed by atoms with E-state index in [4.69, 9.17) is 0 Å². The quantitative estimate of drug-likeness (QED) is 0.573. The highest BCUT2D eigenvalue weighted by Gasteiger charge is 2.06. The predicted octanol–water partition coefficient (Wildman–Crippen LogP) is 2.42. The number of hydrogen-bond acceptors (Lipinski definition) is 5. The first-order chi connectivity index (χ1) is 11.2. The van der Waals surface area contributed by atoms with Crippen molar-refractivity contribution < 1.29 is 4.39 Å². The Bertz CT molecular complexity index is 892. The minimum absolute atomic E-state index is 0.0715. The van der Waals surface area contributed by atoms with Gasteiger partial charge >= 0.3 is 0 Å². The Labute approximate surface area is 130 Å². The van der Waals surface area contributed by atoms with E-state index in [1.165, 1.54) is 12.3 Å². The lowest BCUT2D eigenvalue weighted by molar-refractivity contribution is 0.626. The Hall–Kier alpha value is -3.35. The molecule has 6 nitrogen and oxygen atoms in total. The topological polar surface area (TPSA) is 83.0 Å². The van der Waals surface area contributed by atoms with Gasteiger partial charge < -0.3 is 0 Å². The fraction of sp³-hybridized carbons (Fsp3) is 0. The van der Waals surface area contributed by atoms with Crippen molar-refractivity contribution in [2.75, 3.05) is 5.43 Å². The molecule has 3 aromatic rings. The molecule has 0 amide bonds. The minimum atomic E-state index is -0.394. The van der Waals surface area contributed by atoms with Gasteiger partial charge in [-0.05, 0) is 6.07 Å². The van der Waals surface area contributed by atoms with Crippen LogP contribution in [0.3, 0.4) is 0 Å². The lowest BCUT2D eigenvalue weighted by Crippen LogP contribution is -2.15. The lowest BCUT2D eigenvalue weighted by Gasteiger charge is -2.01. The summed E-state index contributed by atoms with van der Waals surface area (Å²) >= 11 is 0. The predicted molar refractivity (Wildman–Crippen MR) is 85.7 cm³/mol. The van der Waals surface area contributed by atoms with Crippen molar-refractivity contribution in [3.63, 3.8) is 0 Å². The fourth-order valence-electron chi connectivity index (χ4n) is 1.92. The van der Waals surface area contributed by atoms with E-state index in [0.29, 0.717) is 11.1 Å². The summed E-state index contributed by atoms with van der Waals surface area (Å²) in [4.78, 5) is 14.5. The summed E-state index contributed by atoms with van der Waals surface area (Å²) in [5.41, 5.74) is 3.32. The van der Waals surface area contributed by atoms with Crippen LogP contribution in [-0.2, 0) is 0 Å². The Morgan fingerprint density at radius 2 is 1.78 bits per heavy atom. The van der Waals surface area contributed by atoms with E-state index in [-0.39, 0.29) is 11.6 Å². The molecule has 1 aromatic heterocycles. The average Bonchev–Trinajstić information content (AvgIpc) is 2.57. The van der Waals surface area contributed by atoms with Gasteiger partial charge in [-0.1, -0.05) is 48.5 Å². The third kappa shape index (κ3) is 3.46.